The van der Waals surface area contributed by atoms with Gasteiger partial charge in [-0.05, 0) is 24.5 Å². The minimum Gasteiger partial charge on any atom is -0.311 e. The second kappa shape index (κ2) is 5.97. The fraction of sp³-hybridized carbons (Fsp3) is 0.474. The summed E-state index contributed by atoms with van der Waals surface area (Å²) in [6, 6.07) is 5.43. The Morgan fingerprint density at radius 1 is 1.11 bits per heavy atom. The average Bonchev–Trinajstić information content (AvgIpc) is 3.39. The number of imide groups is 2. The second-order valence-corrected chi connectivity index (χ2v) is 7.62. The fourth-order valence-corrected chi connectivity index (χ4v) is 4.50. The van der Waals surface area contributed by atoms with Crippen molar-refractivity contribution in [3.8, 4) is 0 Å². The maximum Gasteiger partial charge on any atom is 0.262 e. The van der Waals surface area contributed by atoms with E-state index in [0.29, 0.717) is 29.8 Å². The van der Waals surface area contributed by atoms with Crippen molar-refractivity contribution < 1.29 is 19.2 Å². The lowest BCUT2D eigenvalue weighted by Gasteiger charge is -2.28. The van der Waals surface area contributed by atoms with E-state index in [1.165, 1.54) is 0 Å². The zero-order valence-corrected chi connectivity index (χ0v) is 14.7. The van der Waals surface area contributed by atoms with Gasteiger partial charge in [-0.25, -0.2) is 0 Å². The summed E-state index contributed by atoms with van der Waals surface area (Å²) in [6.45, 7) is 2.45. The topological polar surface area (TPSA) is 98.8 Å². The fourth-order valence-electron chi connectivity index (χ4n) is 4.50. The van der Waals surface area contributed by atoms with E-state index < -0.39 is 23.8 Å². The zero-order valence-electron chi connectivity index (χ0n) is 14.7. The van der Waals surface area contributed by atoms with Crippen LogP contribution in [0.5, 0.6) is 0 Å². The van der Waals surface area contributed by atoms with Crippen LogP contribution >= 0.6 is 0 Å². The molecule has 0 bridgehead atoms. The van der Waals surface area contributed by atoms with Gasteiger partial charge in [0.05, 0.1) is 11.1 Å². The highest BCUT2D eigenvalue weighted by molar-refractivity contribution is 6.24. The minimum absolute atomic E-state index is 0.126. The summed E-state index contributed by atoms with van der Waals surface area (Å²) in [5.74, 6) is -1.82. The number of rotatable bonds is 3. The first-order chi connectivity index (χ1) is 13.0. The van der Waals surface area contributed by atoms with Crippen molar-refractivity contribution in [1.82, 2.24) is 20.4 Å². The van der Waals surface area contributed by atoms with Crippen molar-refractivity contribution in [2.24, 2.45) is 0 Å². The van der Waals surface area contributed by atoms with Crippen LogP contribution in [0, 0.1) is 0 Å². The third-order valence-corrected chi connectivity index (χ3v) is 5.96. The van der Waals surface area contributed by atoms with Crippen LogP contribution in [-0.2, 0) is 16.1 Å². The molecule has 140 valence electrons. The summed E-state index contributed by atoms with van der Waals surface area (Å²) in [5, 5.41) is 5.68. The summed E-state index contributed by atoms with van der Waals surface area (Å²) in [4.78, 5) is 52.9. The van der Waals surface area contributed by atoms with E-state index in [1.807, 2.05) is 6.07 Å². The molecule has 0 aromatic heterocycles. The Bertz CT molecular complexity index is 882. The molecule has 8 nitrogen and oxygen atoms in total. The Hall–Kier alpha value is -2.58. The summed E-state index contributed by atoms with van der Waals surface area (Å²) in [6.07, 6.45) is 1.41. The Balaban J connectivity index is 1.44. The first kappa shape index (κ1) is 16.6. The lowest BCUT2D eigenvalue weighted by molar-refractivity contribution is -0.136. The normalized spacial score (nSPS) is 30.2. The molecule has 1 aromatic rings. The molecular formula is C19H20N4O4. The Kier molecular flexibility index (Phi) is 3.66. The number of amides is 4. The standard InChI is InChI=1S/C19H20N4O4/c24-15-5-4-13(17(25)21-15)23-18(26)11-3-1-2-10(16(11)19(23)27)9-22-7-6-20-12-8-14(12)22/h1-3,12-14,20H,4-9H2,(H,21,24,25). The minimum atomic E-state index is -0.921. The molecule has 3 fully saturated rings. The van der Waals surface area contributed by atoms with Gasteiger partial charge in [0.15, 0.2) is 0 Å². The largest absolute Gasteiger partial charge is 0.311 e. The lowest BCUT2D eigenvalue weighted by atomic mass is 10.0. The Morgan fingerprint density at radius 2 is 1.96 bits per heavy atom. The monoisotopic (exact) mass is 368 g/mol. The molecule has 1 aliphatic carbocycles. The smallest absolute Gasteiger partial charge is 0.262 e. The molecule has 0 radical (unpaired) electrons. The molecule has 0 spiro atoms. The molecule has 27 heavy (non-hydrogen) atoms. The number of fused-ring (bicyclic) bond motifs is 2. The van der Waals surface area contributed by atoms with Crippen LogP contribution in [0.2, 0.25) is 0 Å². The van der Waals surface area contributed by atoms with Crippen LogP contribution < -0.4 is 10.6 Å². The number of carbonyl (C=O) groups is 4. The van der Waals surface area contributed by atoms with E-state index in [4.69, 9.17) is 0 Å². The van der Waals surface area contributed by atoms with Crippen LogP contribution in [0.3, 0.4) is 0 Å². The average molecular weight is 368 g/mol. The van der Waals surface area contributed by atoms with E-state index in [1.54, 1.807) is 12.1 Å². The van der Waals surface area contributed by atoms with Crippen LogP contribution in [-0.4, -0.2) is 64.6 Å². The van der Waals surface area contributed by atoms with Gasteiger partial charge in [-0.1, -0.05) is 12.1 Å². The first-order valence-corrected chi connectivity index (χ1v) is 9.35. The summed E-state index contributed by atoms with van der Waals surface area (Å²) >= 11 is 0. The van der Waals surface area contributed by atoms with Gasteiger partial charge in [0.25, 0.3) is 11.8 Å². The highest BCUT2D eigenvalue weighted by Crippen LogP contribution is 2.34. The van der Waals surface area contributed by atoms with Crippen LogP contribution in [0.25, 0.3) is 0 Å². The quantitative estimate of drug-likeness (QED) is 0.707. The first-order valence-electron chi connectivity index (χ1n) is 9.35. The highest BCUT2D eigenvalue weighted by Gasteiger charge is 2.47. The number of carbonyl (C=O) groups excluding carboxylic acids is 4. The molecule has 2 N–H and O–H groups in total. The molecule has 2 saturated heterocycles. The van der Waals surface area contributed by atoms with Crippen molar-refractivity contribution in [3.05, 3.63) is 34.9 Å². The maximum absolute atomic E-state index is 13.1. The van der Waals surface area contributed by atoms with Crippen molar-refractivity contribution >= 4 is 23.6 Å². The van der Waals surface area contributed by atoms with E-state index in [2.05, 4.69) is 15.5 Å². The number of hydrogen-bond acceptors (Lipinski definition) is 6. The summed E-state index contributed by atoms with van der Waals surface area (Å²) in [5.41, 5.74) is 1.58. The van der Waals surface area contributed by atoms with Crippen LogP contribution in [0.1, 0.15) is 45.5 Å². The van der Waals surface area contributed by atoms with E-state index in [9.17, 15) is 19.2 Å². The molecule has 3 atom stereocenters. The van der Waals surface area contributed by atoms with E-state index in [0.717, 1.165) is 30.0 Å². The number of hydrogen-bond donors (Lipinski definition) is 2. The molecule has 3 heterocycles. The van der Waals surface area contributed by atoms with E-state index >= 15 is 0 Å². The van der Waals surface area contributed by atoms with Crippen LogP contribution in [0.4, 0.5) is 0 Å². The number of nitrogens with one attached hydrogen (secondary N) is 2. The van der Waals surface area contributed by atoms with Gasteiger partial charge in [0.2, 0.25) is 11.8 Å². The zero-order chi connectivity index (χ0) is 18.7. The second-order valence-electron chi connectivity index (χ2n) is 7.62. The SMILES string of the molecule is O=C1CCC(N2C(=O)c3cccc(CN4CCNC5CC54)c3C2=O)C(=O)N1. The van der Waals surface area contributed by atoms with Crippen LogP contribution in [0.15, 0.2) is 18.2 Å². The Morgan fingerprint density at radius 3 is 2.78 bits per heavy atom. The van der Waals surface area contributed by atoms with Gasteiger partial charge in [-0.2, -0.15) is 0 Å². The molecule has 5 rings (SSSR count). The van der Waals surface area contributed by atoms with Gasteiger partial charge < -0.3 is 5.32 Å². The Labute approximate surface area is 155 Å². The van der Waals surface area contributed by atoms with Crippen molar-refractivity contribution in [3.63, 3.8) is 0 Å². The number of piperazine rings is 1. The number of benzene rings is 1. The molecule has 1 saturated carbocycles. The molecule has 4 amide bonds. The predicted molar refractivity (Wildman–Crippen MR) is 93.7 cm³/mol. The summed E-state index contributed by atoms with van der Waals surface area (Å²) < 4.78 is 0. The molecular weight excluding hydrogens is 348 g/mol. The van der Waals surface area contributed by atoms with Crippen molar-refractivity contribution in [2.45, 2.75) is 43.9 Å². The summed E-state index contributed by atoms with van der Waals surface area (Å²) in [7, 11) is 0. The maximum atomic E-state index is 13.1. The van der Waals surface area contributed by atoms with Gasteiger partial charge in [-0.3, -0.25) is 34.3 Å². The van der Waals surface area contributed by atoms with Gasteiger partial charge in [-0.15, -0.1) is 0 Å². The third-order valence-electron chi connectivity index (χ3n) is 5.96. The number of piperidine rings is 1. The van der Waals surface area contributed by atoms with Gasteiger partial charge >= 0.3 is 0 Å². The van der Waals surface area contributed by atoms with Crippen molar-refractivity contribution in [1.29, 1.82) is 0 Å². The third kappa shape index (κ3) is 2.59. The van der Waals surface area contributed by atoms with Crippen molar-refractivity contribution in [2.75, 3.05) is 13.1 Å². The number of nitrogens with zero attached hydrogens (tertiary/aromatic N) is 2. The molecule has 3 unspecified atom stereocenters. The molecule has 1 aromatic carbocycles. The van der Waals surface area contributed by atoms with Gasteiger partial charge in [0, 0.05) is 38.1 Å². The molecule has 4 aliphatic rings. The highest BCUT2D eigenvalue weighted by atomic mass is 16.2. The lowest BCUT2D eigenvalue weighted by Crippen LogP contribution is -2.54. The molecule has 3 aliphatic heterocycles. The predicted octanol–water partition coefficient (Wildman–Crippen LogP) is -0.366. The van der Waals surface area contributed by atoms with E-state index in [-0.39, 0.29) is 18.7 Å². The van der Waals surface area contributed by atoms with Gasteiger partial charge in [0.1, 0.15) is 6.04 Å². The molecule has 8 heteroatoms.